The second kappa shape index (κ2) is 7.83. The van der Waals surface area contributed by atoms with E-state index < -0.39 is 0 Å². The molecule has 0 atom stereocenters. The first-order valence-electron chi connectivity index (χ1n) is 8.87. The van der Waals surface area contributed by atoms with Gasteiger partial charge in [-0.05, 0) is 42.0 Å². The van der Waals surface area contributed by atoms with E-state index >= 15 is 0 Å². The summed E-state index contributed by atoms with van der Waals surface area (Å²) >= 11 is 0. The maximum Gasteiger partial charge on any atom is 0.253 e. The maximum atomic E-state index is 12.7. The molecule has 27 heavy (non-hydrogen) atoms. The molecular weight excluding hydrogens is 340 g/mol. The van der Waals surface area contributed by atoms with Crippen LogP contribution in [0, 0.1) is 0 Å². The third-order valence-electron chi connectivity index (χ3n) is 4.28. The maximum absolute atomic E-state index is 12.7. The van der Waals surface area contributed by atoms with Crippen molar-refractivity contribution in [3.8, 4) is 11.5 Å². The molecule has 1 aliphatic heterocycles. The zero-order valence-corrected chi connectivity index (χ0v) is 14.8. The van der Waals surface area contributed by atoms with E-state index in [1.165, 1.54) is 0 Å². The van der Waals surface area contributed by atoms with Crippen molar-refractivity contribution in [3.05, 3.63) is 83.9 Å². The van der Waals surface area contributed by atoms with E-state index in [1.807, 2.05) is 72.8 Å². The number of nitrogens with one attached hydrogen (secondary N) is 2. The predicted octanol–water partition coefficient (Wildman–Crippen LogP) is 4.13. The van der Waals surface area contributed by atoms with E-state index in [9.17, 15) is 4.79 Å². The zero-order chi connectivity index (χ0) is 18.5. The molecule has 1 amide bonds. The van der Waals surface area contributed by atoms with Crippen molar-refractivity contribution >= 4 is 17.3 Å². The number of para-hydroxylation sites is 2. The molecule has 136 valence electrons. The van der Waals surface area contributed by atoms with Crippen LogP contribution in [-0.2, 0) is 6.54 Å². The van der Waals surface area contributed by atoms with E-state index in [2.05, 4.69) is 10.6 Å². The lowest BCUT2D eigenvalue weighted by Gasteiger charge is -2.19. The molecule has 0 aliphatic carbocycles. The highest BCUT2D eigenvalue weighted by atomic mass is 16.6. The van der Waals surface area contributed by atoms with Gasteiger partial charge in [0.1, 0.15) is 13.2 Å². The molecule has 3 aromatic rings. The molecule has 0 bridgehead atoms. The van der Waals surface area contributed by atoms with Crippen LogP contribution in [-0.4, -0.2) is 19.1 Å². The van der Waals surface area contributed by atoms with E-state index in [4.69, 9.17) is 9.47 Å². The van der Waals surface area contributed by atoms with Crippen molar-refractivity contribution < 1.29 is 14.3 Å². The number of rotatable bonds is 5. The Morgan fingerprint density at radius 3 is 2.44 bits per heavy atom. The van der Waals surface area contributed by atoms with Crippen LogP contribution in [0.1, 0.15) is 15.9 Å². The Labute approximate surface area is 157 Å². The highest BCUT2D eigenvalue weighted by Gasteiger charge is 2.14. The number of hydrogen-bond acceptors (Lipinski definition) is 4. The largest absolute Gasteiger partial charge is 0.486 e. The average molecular weight is 360 g/mol. The third-order valence-corrected chi connectivity index (χ3v) is 4.28. The molecule has 1 aliphatic rings. The van der Waals surface area contributed by atoms with Gasteiger partial charge in [0.2, 0.25) is 0 Å². The van der Waals surface area contributed by atoms with Crippen LogP contribution in [0.15, 0.2) is 72.8 Å². The first kappa shape index (κ1) is 17.0. The van der Waals surface area contributed by atoms with Crippen molar-refractivity contribution in [2.24, 2.45) is 0 Å². The first-order valence-corrected chi connectivity index (χ1v) is 8.87. The summed E-state index contributed by atoms with van der Waals surface area (Å²) in [6.07, 6.45) is 0. The number of carbonyl (C=O) groups is 1. The quantitative estimate of drug-likeness (QED) is 0.718. The average Bonchev–Trinajstić information content (AvgIpc) is 2.73. The molecular formula is C22H20N2O3. The van der Waals surface area contributed by atoms with Crippen LogP contribution in [0.4, 0.5) is 11.4 Å². The number of carbonyl (C=O) groups excluding carboxylic acids is 1. The van der Waals surface area contributed by atoms with Crippen molar-refractivity contribution in [1.82, 2.24) is 5.32 Å². The van der Waals surface area contributed by atoms with Crippen LogP contribution < -0.4 is 20.1 Å². The number of fused-ring (bicyclic) bond motifs is 1. The Kier molecular flexibility index (Phi) is 4.92. The summed E-state index contributed by atoms with van der Waals surface area (Å²) < 4.78 is 11.1. The van der Waals surface area contributed by atoms with Gasteiger partial charge in [-0.2, -0.15) is 0 Å². The smallest absolute Gasteiger partial charge is 0.253 e. The number of benzene rings is 3. The summed E-state index contributed by atoms with van der Waals surface area (Å²) in [5, 5.41) is 6.27. The number of hydrogen-bond donors (Lipinski definition) is 2. The van der Waals surface area contributed by atoms with Gasteiger partial charge in [-0.3, -0.25) is 4.79 Å². The van der Waals surface area contributed by atoms with Crippen LogP contribution >= 0.6 is 0 Å². The van der Waals surface area contributed by atoms with Gasteiger partial charge >= 0.3 is 0 Å². The molecule has 0 saturated carbocycles. The van der Waals surface area contributed by atoms with Crippen molar-refractivity contribution in [3.63, 3.8) is 0 Å². The molecule has 0 spiro atoms. The number of anilines is 2. The summed E-state index contributed by atoms with van der Waals surface area (Å²) in [6.45, 7) is 1.52. The standard InChI is InChI=1S/C22H20N2O3/c25-22(23-15-16-10-11-20-21(14-16)27-13-12-26-20)18-8-4-5-9-19(18)24-17-6-2-1-3-7-17/h1-11,14,24H,12-13,15H2,(H,23,25). The SMILES string of the molecule is O=C(NCc1ccc2c(c1)OCCO2)c1ccccc1Nc1ccccc1. The second-order valence-electron chi connectivity index (χ2n) is 6.20. The Morgan fingerprint density at radius 1 is 0.852 bits per heavy atom. The van der Waals surface area contributed by atoms with Gasteiger partial charge in [0.05, 0.1) is 11.3 Å². The lowest BCUT2D eigenvalue weighted by atomic mass is 10.1. The van der Waals surface area contributed by atoms with E-state index in [1.54, 1.807) is 0 Å². The number of ether oxygens (including phenoxy) is 2. The van der Waals surface area contributed by atoms with Gasteiger partial charge in [0, 0.05) is 12.2 Å². The Hall–Kier alpha value is -3.47. The molecule has 0 aromatic heterocycles. The zero-order valence-electron chi connectivity index (χ0n) is 14.8. The monoisotopic (exact) mass is 360 g/mol. The summed E-state index contributed by atoms with van der Waals surface area (Å²) in [6, 6.07) is 23.0. The highest BCUT2D eigenvalue weighted by Crippen LogP contribution is 2.30. The topological polar surface area (TPSA) is 59.6 Å². The first-order chi connectivity index (χ1) is 13.3. The Morgan fingerprint density at radius 2 is 1.59 bits per heavy atom. The summed E-state index contributed by atoms with van der Waals surface area (Å²) in [5.74, 6) is 1.33. The van der Waals surface area contributed by atoms with Crippen molar-refractivity contribution in [2.45, 2.75) is 6.54 Å². The Balaban J connectivity index is 1.46. The minimum Gasteiger partial charge on any atom is -0.486 e. The Bertz CT molecular complexity index is 941. The van der Waals surface area contributed by atoms with Crippen LogP contribution in [0.25, 0.3) is 0 Å². The molecule has 3 aromatic carbocycles. The van der Waals surface area contributed by atoms with E-state index in [0.717, 1.165) is 28.4 Å². The second-order valence-corrected chi connectivity index (χ2v) is 6.20. The van der Waals surface area contributed by atoms with Gasteiger partial charge in [0.15, 0.2) is 11.5 Å². The molecule has 2 N–H and O–H groups in total. The normalized spacial score (nSPS) is 12.3. The summed E-state index contributed by atoms with van der Waals surface area (Å²) in [4.78, 5) is 12.7. The van der Waals surface area contributed by atoms with Crippen LogP contribution in [0.3, 0.4) is 0 Å². The van der Waals surface area contributed by atoms with E-state index in [0.29, 0.717) is 25.3 Å². The lowest BCUT2D eigenvalue weighted by molar-refractivity contribution is 0.0951. The molecule has 5 heteroatoms. The van der Waals surface area contributed by atoms with Gasteiger partial charge in [0.25, 0.3) is 5.91 Å². The summed E-state index contributed by atoms with van der Waals surface area (Å²) in [7, 11) is 0. The summed E-state index contributed by atoms with van der Waals surface area (Å²) in [5.41, 5.74) is 3.26. The minimum atomic E-state index is -0.135. The minimum absolute atomic E-state index is 0.135. The van der Waals surface area contributed by atoms with Crippen molar-refractivity contribution in [2.75, 3.05) is 18.5 Å². The van der Waals surface area contributed by atoms with Gasteiger partial charge in [-0.15, -0.1) is 0 Å². The fourth-order valence-corrected chi connectivity index (χ4v) is 2.94. The molecule has 0 saturated heterocycles. The highest BCUT2D eigenvalue weighted by molar-refractivity contribution is 6.00. The third kappa shape index (κ3) is 4.03. The van der Waals surface area contributed by atoms with Crippen LogP contribution in [0.2, 0.25) is 0 Å². The molecule has 4 rings (SSSR count). The molecule has 1 heterocycles. The lowest BCUT2D eigenvalue weighted by Crippen LogP contribution is -2.24. The molecule has 0 radical (unpaired) electrons. The van der Waals surface area contributed by atoms with Gasteiger partial charge in [-0.25, -0.2) is 0 Å². The van der Waals surface area contributed by atoms with Crippen molar-refractivity contribution in [1.29, 1.82) is 0 Å². The van der Waals surface area contributed by atoms with E-state index in [-0.39, 0.29) is 5.91 Å². The van der Waals surface area contributed by atoms with Crippen LogP contribution in [0.5, 0.6) is 11.5 Å². The predicted molar refractivity (Wildman–Crippen MR) is 105 cm³/mol. The number of amides is 1. The van der Waals surface area contributed by atoms with Gasteiger partial charge in [-0.1, -0.05) is 36.4 Å². The molecule has 0 unspecified atom stereocenters. The molecule has 5 nitrogen and oxygen atoms in total. The fraction of sp³-hybridized carbons (Fsp3) is 0.136. The van der Waals surface area contributed by atoms with Gasteiger partial charge < -0.3 is 20.1 Å². The fourth-order valence-electron chi connectivity index (χ4n) is 2.94. The molecule has 0 fully saturated rings.